The summed E-state index contributed by atoms with van der Waals surface area (Å²) in [5, 5.41) is 11.6. The third-order valence-electron chi connectivity index (χ3n) is 5.21. The molecule has 7 nitrogen and oxygen atoms in total. The van der Waals surface area contributed by atoms with E-state index in [0.717, 1.165) is 29.5 Å². The molecule has 0 aliphatic heterocycles. The SMILES string of the molecule is CC(C)CC/C(=C\c1nnc(-c2ccc(CNCCCP(=O)(O)O)cc2)o1)c1ccccc1. The van der Waals surface area contributed by atoms with Gasteiger partial charge in [0.15, 0.2) is 0 Å². The number of hydrogen-bond donors (Lipinski definition) is 3. The third-order valence-corrected chi connectivity index (χ3v) is 6.11. The van der Waals surface area contributed by atoms with Crippen molar-refractivity contribution in [2.75, 3.05) is 12.7 Å². The Kier molecular flexibility index (Phi) is 9.15. The maximum Gasteiger partial charge on any atom is 0.325 e. The number of rotatable bonds is 12. The van der Waals surface area contributed by atoms with E-state index < -0.39 is 7.60 Å². The maximum absolute atomic E-state index is 10.9. The van der Waals surface area contributed by atoms with Gasteiger partial charge in [0.1, 0.15) is 0 Å². The van der Waals surface area contributed by atoms with Gasteiger partial charge in [-0.3, -0.25) is 4.57 Å². The van der Waals surface area contributed by atoms with Crippen LogP contribution in [0.2, 0.25) is 0 Å². The van der Waals surface area contributed by atoms with Gasteiger partial charge in [-0.15, -0.1) is 10.2 Å². The fraction of sp³-hybridized carbons (Fsp3) is 0.360. The Morgan fingerprint density at radius 3 is 2.48 bits per heavy atom. The largest absolute Gasteiger partial charge is 0.417 e. The molecule has 0 saturated heterocycles. The number of aromatic nitrogens is 2. The van der Waals surface area contributed by atoms with Crippen LogP contribution in [0.1, 0.15) is 50.1 Å². The molecule has 0 saturated carbocycles. The molecule has 0 bridgehead atoms. The van der Waals surface area contributed by atoms with E-state index in [2.05, 4.69) is 41.5 Å². The van der Waals surface area contributed by atoms with Crippen molar-refractivity contribution in [2.45, 2.75) is 39.7 Å². The summed E-state index contributed by atoms with van der Waals surface area (Å²) in [4.78, 5) is 17.8. The summed E-state index contributed by atoms with van der Waals surface area (Å²) in [6.45, 7) is 5.60. The number of nitrogens with one attached hydrogen (secondary N) is 1. The lowest BCUT2D eigenvalue weighted by Gasteiger charge is -2.09. The molecule has 0 unspecified atom stereocenters. The molecule has 0 spiro atoms. The van der Waals surface area contributed by atoms with Crippen LogP contribution in [0.15, 0.2) is 59.0 Å². The van der Waals surface area contributed by atoms with Gasteiger partial charge in [0.05, 0.1) is 6.16 Å². The molecule has 0 fully saturated rings. The molecular formula is C25H32N3O4P. The van der Waals surface area contributed by atoms with Crippen molar-refractivity contribution in [1.82, 2.24) is 15.5 Å². The number of hydrogen-bond acceptors (Lipinski definition) is 5. The average Bonchev–Trinajstić information content (AvgIpc) is 3.25. The van der Waals surface area contributed by atoms with Crippen molar-refractivity contribution in [3.8, 4) is 11.5 Å². The highest BCUT2D eigenvalue weighted by molar-refractivity contribution is 7.51. The van der Waals surface area contributed by atoms with Gasteiger partial charge in [0.25, 0.3) is 0 Å². The molecule has 1 aromatic heterocycles. The van der Waals surface area contributed by atoms with E-state index in [0.29, 0.717) is 37.2 Å². The molecule has 0 amide bonds. The zero-order valence-corrected chi connectivity index (χ0v) is 20.0. The van der Waals surface area contributed by atoms with Crippen molar-refractivity contribution < 1.29 is 18.8 Å². The van der Waals surface area contributed by atoms with Gasteiger partial charge < -0.3 is 19.5 Å². The van der Waals surface area contributed by atoms with Crippen LogP contribution in [0, 0.1) is 5.92 Å². The van der Waals surface area contributed by atoms with Gasteiger partial charge in [-0.05, 0) is 60.6 Å². The number of allylic oxidation sites excluding steroid dienone is 1. The lowest BCUT2D eigenvalue weighted by molar-refractivity contribution is 0.371. The first kappa shape index (κ1) is 25.1. The summed E-state index contributed by atoms with van der Waals surface area (Å²) >= 11 is 0. The Labute approximate surface area is 195 Å². The molecule has 2 aromatic carbocycles. The second-order valence-corrected chi connectivity index (χ2v) is 10.3. The third kappa shape index (κ3) is 8.71. The van der Waals surface area contributed by atoms with Gasteiger partial charge in [-0.25, -0.2) is 0 Å². The van der Waals surface area contributed by atoms with Gasteiger partial charge in [-0.1, -0.05) is 56.3 Å². The molecule has 3 rings (SSSR count). The van der Waals surface area contributed by atoms with Crippen molar-refractivity contribution in [2.24, 2.45) is 5.92 Å². The van der Waals surface area contributed by atoms with Gasteiger partial charge >= 0.3 is 7.60 Å². The zero-order chi connectivity index (χ0) is 23.7. The minimum atomic E-state index is -3.92. The highest BCUT2D eigenvalue weighted by Crippen LogP contribution is 2.34. The zero-order valence-electron chi connectivity index (χ0n) is 19.1. The van der Waals surface area contributed by atoms with Gasteiger partial charge in [0.2, 0.25) is 11.8 Å². The minimum absolute atomic E-state index is 0.101. The summed E-state index contributed by atoms with van der Waals surface area (Å²) < 4.78 is 16.8. The molecule has 3 N–H and O–H groups in total. The van der Waals surface area contributed by atoms with Gasteiger partial charge in [-0.2, -0.15) is 0 Å². The molecule has 176 valence electrons. The first-order chi connectivity index (χ1) is 15.8. The molecule has 0 aliphatic carbocycles. The molecule has 1 heterocycles. The van der Waals surface area contributed by atoms with Crippen LogP contribution < -0.4 is 5.32 Å². The predicted octanol–water partition coefficient (Wildman–Crippen LogP) is 5.37. The smallest absolute Gasteiger partial charge is 0.325 e. The Hall–Kier alpha value is -2.57. The fourth-order valence-electron chi connectivity index (χ4n) is 3.36. The summed E-state index contributed by atoms with van der Waals surface area (Å²) in [6, 6.07) is 18.1. The van der Waals surface area contributed by atoms with E-state index in [1.54, 1.807) is 0 Å². The fourth-order valence-corrected chi connectivity index (χ4v) is 3.93. The summed E-state index contributed by atoms with van der Waals surface area (Å²) in [6.07, 6.45) is 4.33. The van der Waals surface area contributed by atoms with Crippen LogP contribution in [-0.2, 0) is 11.1 Å². The molecule has 0 atom stereocenters. The van der Waals surface area contributed by atoms with E-state index in [1.807, 2.05) is 48.5 Å². The van der Waals surface area contributed by atoms with Crippen molar-refractivity contribution >= 4 is 19.2 Å². The Morgan fingerprint density at radius 2 is 1.82 bits per heavy atom. The van der Waals surface area contributed by atoms with E-state index in [9.17, 15) is 4.57 Å². The number of nitrogens with zero attached hydrogens (tertiary/aromatic N) is 2. The first-order valence-corrected chi connectivity index (χ1v) is 13.0. The van der Waals surface area contributed by atoms with Crippen LogP contribution in [-0.4, -0.2) is 32.7 Å². The standard InChI is InChI=1S/C25H32N3O4P/c1-19(2)9-12-23(21-7-4-3-5-8-21)17-24-27-28-25(32-24)22-13-10-20(11-14-22)18-26-15-6-16-33(29,30)31/h3-5,7-8,10-11,13-14,17,19,26H,6,9,12,15-16,18H2,1-2H3,(H2,29,30,31)/b23-17+. The Bertz CT molecular complexity index is 1070. The van der Waals surface area contributed by atoms with Crippen LogP contribution in [0.4, 0.5) is 0 Å². The first-order valence-electron chi connectivity index (χ1n) is 11.2. The van der Waals surface area contributed by atoms with Crippen LogP contribution in [0.5, 0.6) is 0 Å². The van der Waals surface area contributed by atoms with Crippen molar-refractivity contribution in [1.29, 1.82) is 0 Å². The van der Waals surface area contributed by atoms with E-state index in [1.165, 1.54) is 5.57 Å². The highest BCUT2D eigenvalue weighted by atomic mass is 31.2. The predicted molar refractivity (Wildman–Crippen MR) is 131 cm³/mol. The minimum Gasteiger partial charge on any atom is -0.417 e. The van der Waals surface area contributed by atoms with E-state index in [-0.39, 0.29) is 6.16 Å². The van der Waals surface area contributed by atoms with Crippen molar-refractivity contribution in [3.63, 3.8) is 0 Å². The molecule has 0 aliphatic rings. The van der Waals surface area contributed by atoms with E-state index >= 15 is 0 Å². The van der Waals surface area contributed by atoms with E-state index in [4.69, 9.17) is 14.2 Å². The van der Waals surface area contributed by atoms with Crippen LogP contribution in [0.3, 0.4) is 0 Å². The van der Waals surface area contributed by atoms with Crippen LogP contribution >= 0.6 is 7.60 Å². The molecule has 33 heavy (non-hydrogen) atoms. The van der Waals surface area contributed by atoms with Gasteiger partial charge in [0, 0.05) is 18.2 Å². The average molecular weight is 470 g/mol. The van der Waals surface area contributed by atoms with Crippen molar-refractivity contribution in [3.05, 3.63) is 71.6 Å². The second kappa shape index (κ2) is 12.1. The molecule has 8 heteroatoms. The summed E-state index contributed by atoms with van der Waals surface area (Å²) in [7, 11) is -3.92. The summed E-state index contributed by atoms with van der Waals surface area (Å²) in [5.41, 5.74) is 4.25. The molecule has 3 aromatic rings. The topological polar surface area (TPSA) is 108 Å². The maximum atomic E-state index is 10.9. The number of benzene rings is 2. The Morgan fingerprint density at radius 1 is 1.09 bits per heavy atom. The summed E-state index contributed by atoms with van der Waals surface area (Å²) in [5.74, 6) is 1.57. The lowest BCUT2D eigenvalue weighted by atomic mass is 9.97. The van der Waals surface area contributed by atoms with Crippen LogP contribution in [0.25, 0.3) is 23.1 Å². The quantitative estimate of drug-likeness (QED) is 0.242. The molecular weight excluding hydrogens is 437 g/mol. The lowest BCUT2D eigenvalue weighted by Crippen LogP contribution is -2.15. The highest BCUT2D eigenvalue weighted by Gasteiger charge is 2.12. The monoisotopic (exact) mass is 469 g/mol. The normalized spacial score (nSPS) is 12.5. The Balaban J connectivity index is 1.63. The second-order valence-electron chi connectivity index (χ2n) is 8.53. The molecule has 0 radical (unpaired) electrons.